The van der Waals surface area contributed by atoms with Gasteiger partial charge >= 0.3 is 5.97 Å². The average Bonchev–Trinajstić information content (AvgIpc) is 2.79. The van der Waals surface area contributed by atoms with E-state index >= 15 is 0 Å². The van der Waals surface area contributed by atoms with Crippen LogP contribution in [-0.4, -0.2) is 47.6 Å². The average molecular weight is 465 g/mol. The van der Waals surface area contributed by atoms with Gasteiger partial charge in [-0.25, -0.2) is 9.78 Å². The largest absolute Gasteiger partial charge is 0.478 e. The number of carboxylic acid groups (broad SMARTS) is 1. The zero-order valence-electron chi connectivity index (χ0n) is 18.5. The number of pyridine rings is 1. The van der Waals surface area contributed by atoms with Gasteiger partial charge in [0.05, 0.1) is 11.9 Å². The number of carboxylic acids is 1. The summed E-state index contributed by atoms with van der Waals surface area (Å²) in [5.74, 6) is -1.08. The minimum atomic E-state index is -1.09. The van der Waals surface area contributed by atoms with E-state index in [1.165, 1.54) is 17.8 Å². The molecule has 33 heavy (non-hydrogen) atoms. The van der Waals surface area contributed by atoms with E-state index in [9.17, 15) is 14.7 Å². The first kappa shape index (κ1) is 22.6. The SMILES string of the molecule is Cc1cccc(N2CCN(c3ncc(NC(=O)c4cccc(Cl)c4)cc3C(=O)O)CC2C)c1. The van der Waals surface area contributed by atoms with Crippen LogP contribution in [0.2, 0.25) is 5.02 Å². The van der Waals surface area contributed by atoms with Crippen LogP contribution in [-0.2, 0) is 0 Å². The van der Waals surface area contributed by atoms with Crippen LogP contribution in [0.25, 0.3) is 0 Å². The molecule has 1 atom stereocenters. The van der Waals surface area contributed by atoms with Crippen LogP contribution in [0.3, 0.4) is 0 Å². The maximum absolute atomic E-state index is 12.5. The lowest BCUT2D eigenvalue weighted by Gasteiger charge is -2.42. The molecule has 8 heteroatoms. The Kier molecular flexibility index (Phi) is 6.51. The number of hydrogen-bond acceptors (Lipinski definition) is 5. The smallest absolute Gasteiger partial charge is 0.339 e. The van der Waals surface area contributed by atoms with Gasteiger partial charge in [0.1, 0.15) is 11.4 Å². The normalized spacial score (nSPS) is 15.9. The van der Waals surface area contributed by atoms with Gasteiger partial charge in [0, 0.05) is 41.9 Å². The van der Waals surface area contributed by atoms with Gasteiger partial charge in [0.2, 0.25) is 0 Å². The number of carbonyl (C=O) groups excluding carboxylic acids is 1. The van der Waals surface area contributed by atoms with E-state index in [1.807, 2.05) is 11.0 Å². The minimum absolute atomic E-state index is 0.0510. The molecule has 2 N–H and O–H groups in total. The highest BCUT2D eigenvalue weighted by atomic mass is 35.5. The molecule has 1 saturated heterocycles. The van der Waals surface area contributed by atoms with Crippen molar-refractivity contribution in [3.8, 4) is 0 Å². The zero-order chi connectivity index (χ0) is 23.5. The van der Waals surface area contributed by atoms with Crippen LogP contribution < -0.4 is 15.1 Å². The highest BCUT2D eigenvalue weighted by molar-refractivity contribution is 6.31. The molecule has 0 saturated carbocycles. The van der Waals surface area contributed by atoms with E-state index in [4.69, 9.17) is 11.6 Å². The van der Waals surface area contributed by atoms with Gasteiger partial charge in [-0.1, -0.05) is 29.8 Å². The van der Waals surface area contributed by atoms with E-state index in [1.54, 1.807) is 24.3 Å². The molecule has 0 spiro atoms. The fourth-order valence-corrected chi connectivity index (χ4v) is 4.30. The molecule has 1 aliphatic rings. The molecule has 7 nitrogen and oxygen atoms in total. The Morgan fingerprint density at radius 3 is 2.61 bits per heavy atom. The highest BCUT2D eigenvalue weighted by Gasteiger charge is 2.28. The van der Waals surface area contributed by atoms with Crippen molar-refractivity contribution >= 4 is 40.7 Å². The second-order valence-corrected chi connectivity index (χ2v) is 8.63. The van der Waals surface area contributed by atoms with E-state index < -0.39 is 5.97 Å². The first-order valence-electron chi connectivity index (χ1n) is 10.7. The molecule has 4 rings (SSSR count). The maximum Gasteiger partial charge on any atom is 0.339 e. The number of carbonyl (C=O) groups is 2. The van der Waals surface area contributed by atoms with Crippen molar-refractivity contribution in [2.75, 3.05) is 34.8 Å². The van der Waals surface area contributed by atoms with Crippen molar-refractivity contribution in [3.63, 3.8) is 0 Å². The van der Waals surface area contributed by atoms with Crippen LogP contribution in [0, 0.1) is 6.92 Å². The molecule has 0 bridgehead atoms. The summed E-state index contributed by atoms with van der Waals surface area (Å²) < 4.78 is 0. The third kappa shape index (κ3) is 5.09. The van der Waals surface area contributed by atoms with Gasteiger partial charge in [0.25, 0.3) is 5.91 Å². The predicted octanol–water partition coefficient (Wildman–Crippen LogP) is 4.71. The number of piperazine rings is 1. The number of amides is 1. The topological polar surface area (TPSA) is 85.8 Å². The van der Waals surface area contributed by atoms with Crippen molar-refractivity contribution in [1.82, 2.24) is 4.98 Å². The van der Waals surface area contributed by atoms with Crippen molar-refractivity contribution in [1.29, 1.82) is 0 Å². The van der Waals surface area contributed by atoms with Gasteiger partial charge in [0.15, 0.2) is 0 Å². The molecule has 1 aliphatic heterocycles. The van der Waals surface area contributed by atoms with Gasteiger partial charge in [-0.05, 0) is 55.8 Å². The predicted molar refractivity (Wildman–Crippen MR) is 131 cm³/mol. The van der Waals surface area contributed by atoms with Crippen LogP contribution in [0.15, 0.2) is 60.8 Å². The Morgan fingerprint density at radius 2 is 1.91 bits per heavy atom. The lowest BCUT2D eigenvalue weighted by Crippen LogP contribution is -2.52. The summed E-state index contributed by atoms with van der Waals surface area (Å²) in [7, 11) is 0. The summed E-state index contributed by atoms with van der Waals surface area (Å²) >= 11 is 5.96. The van der Waals surface area contributed by atoms with E-state index in [0.717, 1.165) is 12.2 Å². The lowest BCUT2D eigenvalue weighted by atomic mass is 10.1. The number of aryl methyl sites for hydroxylation is 1. The Bertz CT molecular complexity index is 1200. The molecule has 2 aromatic carbocycles. The zero-order valence-corrected chi connectivity index (χ0v) is 19.2. The highest BCUT2D eigenvalue weighted by Crippen LogP contribution is 2.27. The fraction of sp³-hybridized carbons (Fsp3) is 0.240. The van der Waals surface area contributed by atoms with E-state index in [0.29, 0.717) is 35.2 Å². The van der Waals surface area contributed by atoms with Gasteiger partial charge in [-0.15, -0.1) is 0 Å². The number of halogens is 1. The van der Waals surface area contributed by atoms with Crippen LogP contribution in [0.1, 0.15) is 33.2 Å². The van der Waals surface area contributed by atoms with Gasteiger partial charge < -0.3 is 20.2 Å². The van der Waals surface area contributed by atoms with Crippen molar-refractivity contribution in [3.05, 3.63) is 82.5 Å². The molecule has 0 aliphatic carbocycles. The molecule has 1 aromatic heterocycles. The number of rotatable bonds is 5. The Labute approximate surface area is 197 Å². The number of anilines is 3. The lowest BCUT2D eigenvalue weighted by molar-refractivity contribution is 0.0696. The molecular formula is C25H25ClN4O3. The summed E-state index contributed by atoms with van der Waals surface area (Å²) in [5, 5.41) is 13.0. The molecule has 3 aromatic rings. The quantitative estimate of drug-likeness (QED) is 0.568. The second kappa shape index (κ2) is 9.50. The second-order valence-electron chi connectivity index (χ2n) is 8.19. The fourth-order valence-electron chi connectivity index (χ4n) is 4.11. The molecule has 1 unspecified atom stereocenters. The molecule has 2 heterocycles. The molecule has 1 amide bonds. The third-order valence-corrected chi connectivity index (χ3v) is 5.94. The van der Waals surface area contributed by atoms with Gasteiger partial charge in [-0.3, -0.25) is 4.79 Å². The van der Waals surface area contributed by atoms with Crippen LogP contribution in [0.4, 0.5) is 17.2 Å². The summed E-state index contributed by atoms with van der Waals surface area (Å²) in [4.78, 5) is 33.3. The number of nitrogens with one attached hydrogen (secondary N) is 1. The van der Waals surface area contributed by atoms with Crippen LogP contribution >= 0.6 is 11.6 Å². The molecule has 170 valence electrons. The van der Waals surface area contributed by atoms with Crippen molar-refractivity contribution in [2.45, 2.75) is 19.9 Å². The first-order valence-corrected chi connectivity index (χ1v) is 11.1. The Hall–Kier alpha value is -3.58. The summed E-state index contributed by atoms with van der Waals surface area (Å²) in [6, 6.07) is 16.5. The molecular weight excluding hydrogens is 440 g/mol. The summed E-state index contributed by atoms with van der Waals surface area (Å²) in [5.41, 5.74) is 3.10. The molecule has 0 radical (unpaired) electrons. The minimum Gasteiger partial charge on any atom is -0.478 e. The summed E-state index contributed by atoms with van der Waals surface area (Å²) in [6.45, 7) is 6.21. The molecule has 1 fully saturated rings. The number of nitrogens with zero attached hydrogens (tertiary/aromatic N) is 3. The Morgan fingerprint density at radius 1 is 1.12 bits per heavy atom. The monoisotopic (exact) mass is 464 g/mol. The maximum atomic E-state index is 12.5. The number of hydrogen-bond donors (Lipinski definition) is 2. The number of aromatic carboxylic acids is 1. The van der Waals surface area contributed by atoms with Crippen molar-refractivity contribution in [2.24, 2.45) is 0 Å². The number of aromatic nitrogens is 1. The summed E-state index contributed by atoms with van der Waals surface area (Å²) in [6.07, 6.45) is 1.49. The van der Waals surface area contributed by atoms with Crippen molar-refractivity contribution < 1.29 is 14.7 Å². The standard InChI is InChI=1S/C25H25ClN4O3/c1-16-5-3-8-21(11-16)30-10-9-29(15-17(30)2)23-22(25(32)33)13-20(14-27-23)28-24(31)18-6-4-7-19(26)12-18/h3-8,11-14,17H,9-10,15H2,1-2H3,(H,28,31)(H,32,33). The third-order valence-electron chi connectivity index (χ3n) is 5.70. The van der Waals surface area contributed by atoms with E-state index in [-0.39, 0.29) is 17.5 Å². The van der Waals surface area contributed by atoms with E-state index in [2.05, 4.69) is 47.2 Å². The number of benzene rings is 2. The first-order chi connectivity index (χ1) is 15.8. The Balaban J connectivity index is 1.52. The van der Waals surface area contributed by atoms with Gasteiger partial charge in [-0.2, -0.15) is 0 Å². The van der Waals surface area contributed by atoms with Crippen LogP contribution in [0.5, 0.6) is 0 Å².